The molecule has 5 nitrogen and oxygen atoms in total. The van der Waals surface area contributed by atoms with Gasteiger partial charge in [0.1, 0.15) is 6.33 Å². The predicted molar refractivity (Wildman–Crippen MR) is 82.0 cm³/mol. The molecule has 0 aliphatic carbocycles. The van der Waals surface area contributed by atoms with Gasteiger partial charge in [0, 0.05) is 18.1 Å². The Balaban J connectivity index is 1.63. The topological polar surface area (TPSA) is 73.9 Å². The zero-order valence-electron chi connectivity index (χ0n) is 11.6. The van der Waals surface area contributed by atoms with E-state index in [0.717, 1.165) is 23.7 Å². The average molecular weight is 280 g/mol. The van der Waals surface area contributed by atoms with Crippen molar-refractivity contribution in [1.82, 2.24) is 15.0 Å². The number of hydrogen-bond donors (Lipinski definition) is 1. The molecule has 0 aliphatic rings. The number of ether oxygens (including phenoxy) is 1. The zero-order valence-corrected chi connectivity index (χ0v) is 11.6. The molecule has 0 fully saturated rings. The summed E-state index contributed by atoms with van der Waals surface area (Å²) in [5.41, 5.74) is 8.50. The minimum atomic E-state index is 0.606. The van der Waals surface area contributed by atoms with E-state index in [0.29, 0.717) is 18.2 Å². The highest BCUT2D eigenvalue weighted by Gasteiger charge is 2.05. The zero-order chi connectivity index (χ0) is 14.5. The summed E-state index contributed by atoms with van der Waals surface area (Å²) in [6.07, 6.45) is 6.99. The van der Waals surface area contributed by atoms with Gasteiger partial charge in [-0.1, -0.05) is 0 Å². The first-order chi connectivity index (χ1) is 10.3. The maximum absolute atomic E-state index is 5.77. The lowest BCUT2D eigenvalue weighted by molar-refractivity contribution is 0.303. The van der Waals surface area contributed by atoms with E-state index >= 15 is 0 Å². The summed E-state index contributed by atoms with van der Waals surface area (Å²) in [4.78, 5) is 12.4. The van der Waals surface area contributed by atoms with Crippen molar-refractivity contribution < 1.29 is 4.74 Å². The molecule has 5 heteroatoms. The maximum atomic E-state index is 5.77. The number of anilines is 1. The van der Waals surface area contributed by atoms with E-state index in [-0.39, 0.29) is 0 Å². The number of aromatic nitrogens is 3. The lowest BCUT2D eigenvalue weighted by Crippen LogP contribution is -2.02. The maximum Gasteiger partial charge on any atom is 0.224 e. The Bertz CT molecular complexity index is 731. The Hall–Kier alpha value is -2.69. The van der Waals surface area contributed by atoms with Crippen LogP contribution in [0.2, 0.25) is 0 Å². The molecule has 3 rings (SSSR count). The highest BCUT2D eigenvalue weighted by molar-refractivity contribution is 5.85. The highest BCUT2D eigenvalue weighted by atomic mass is 16.5. The van der Waals surface area contributed by atoms with Gasteiger partial charge in [0.15, 0.2) is 0 Å². The second-order valence-corrected chi connectivity index (χ2v) is 4.76. The van der Waals surface area contributed by atoms with Gasteiger partial charge >= 0.3 is 0 Å². The molecular weight excluding hydrogens is 264 g/mol. The molecule has 0 radical (unpaired) electrons. The molecule has 2 aromatic heterocycles. The van der Waals surface area contributed by atoms with Crippen LogP contribution >= 0.6 is 0 Å². The third-order valence-electron chi connectivity index (χ3n) is 3.22. The van der Waals surface area contributed by atoms with Crippen molar-refractivity contribution >= 4 is 16.6 Å². The number of nitrogen functional groups attached to an aromatic ring is 1. The molecule has 2 heterocycles. The predicted octanol–water partition coefficient (Wildman–Crippen LogP) is 2.62. The summed E-state index contributed by atoms with van der Waals surface area (Å²) in [6, 6.07) is 9.57. The van der Waals surface area contributed by atoms with Crippen LogP contribution in [0.3, 0.4) is 0 Å². The van der Waals surface area contributed by atoms with Gasteiger partial charge in [0.25, 0.3) is 0 Å². The molecule has 0 aliphatic heterocycles. The fourth-order valence-corrected chi connectivity index (χ4v) is 2.16. The van der Waals surface area contributed by atoms with Crippen LogP contribution in [0.25, 0.3) is 10.9 Å². The summed E-state index contributed by atoms with van der Waals surface area (Å²) >= 11 is 0. The van der Waals surface area contributed by atoms with Gasteiger partial charge in [-0.3, -0.25) is 4.98 Å². The van der Waals surface area contributed by atoms with E-state index in [1.807, 2.05) is 30.3 Å². The quantitative estimate of drug-likeness (QED) is 0.574. The number of hydrogen-bond acceptors (Lipinski definition) is 5. The Kier molecular flexibility index (Phi) is 3.91. The van der Waals surface area contributed by atoms with Gasteiger partial charge in [-0.2, -0.15) is 0 Å². The smallest absolute Gasteiger partial charge is 0.224 e. The van der Waals surface area contributed by atoms with Crippen molar-refractivity contribution in [3.8, 4) is 5.88 Å². The molecule has 0 amide bonds. The fraction of sp³-hybridized carbons (Fsp3) is 0.188. The number of nitrogens with two attached hydrogens (primary N) is 1. The van der Waals surface area contributed by atoms with Gasteiger partial charge in [-0.15, -0.1) is 0 Å². The number of rotatable bonds is 5. The molecule has 1 aromatic carbocycles. The third-order valence-corrected chi connectivity index (χ3v) is 3.22. The Morgan fingerprint density at radius 1 is 1.05 bits per heavy atom. The van der Waals surface area contributed by atoms with Crippen molar-refractivity contribution in [3.05, 3.63) is 54.6 Å². The van der Waals surface area contributed by atoms with Crippen LogP contribution in [0.1, 0.15) is 12.0 Å². The summed E-state index contributed by atoms with van der Waals surface area (Å²) in [6.45, 7) is 0.610. The molecule has 0 saturated heterocycles. The highest BCUT2D eigenvalue weighted by Crippen LogP contribution is 2.23. The molecule has 0 atom stereocenters. The molecule has 21 heavy (non-hydrogen) atoms. The number of benzene rings is 1. The van der Waals surface area contributed by atoms with E-state index in [9.17, 15) is 0 Å². The SMILES string of the molecule is Nc1ccc2c(OCCCc3ccncc3)ncnc2c1. The van der Waals surface area contributed by atoms with Crippen molar-refractivity contribution in [2.24, 2.45) is 0 Å². The van der Waals surface area contributed by atoms with Crippen molar-refractivity contribution in [2.75, 3.05) is 12.3 Å². The molecule has 3 aromatic rings. The van der Waals surface area contributed by atoms with Crippen molar-refractivity contribution in [2.45, 2.75) is 12.8 Å². The Labute approximate surface area is 122 Å². The van der Waals surface area contributed by atoms with E-state index in [4.69, 9.17) is 10.5 Å². The van der Waals surface area contributed by atoms with Crippen molar-refractivity contribution in [3.63, 3.8) is 0 Å². The largest absolute Gasteiger partial charge is 0.477 e. The van der Waals surface area contributed by atoms with E-state index in [2.05, 4.69) is 15.0 Å². The van der Waals surface area contributed by atoms with Crippen LogP contribution < -0.4 is 10.5 Å². The first-order valence-electron chi connectivity index (χ1n) is 6.85. The average Bonchev–Trinajstić information content (AvgIpc) is 2.52. The first-order valence-corrected chi connectivity index (χ1v) is 6.85. The standard InChI is InChI=1S/C16H16N4O/c17-13-3-4-14-15(10-13)19-11-20-16(14)21-9-1-2-12-5-7-18-8-6-12/h3-8,10-11H,1-2,9,17H2. The van der Waals surface area contributed by atoms with Gasteiger partial charge in [-0.05, 0) is 48.7 Å². The number of fused-ring (bicyclic) bond motifs is 1. The van der Waals surface area contributed by atoms with Gasteiger partial charge in [-0.25, -0.2) is 9.97 Å². The molecular formula is C16H16N4O. The lowest BCUT2D eigenvalue weighted by atomic mass is 10.1. The number of pyridine rings is 1. The van der Waals surface area contributed by atoms with E-state index < -0.39 is 0 Å². The lowest BCUT2D eigenvalue weighted by Gasteiger charge is -2.08. The van der Waals surface area contributed by atoms with Crippen LogP contribution in [0.5, 0.6) is 5.88 Å². The second kappa shape index (κ2) is 6.17. The van der Waals surface area contributed by atoms with E-state index in [1.54, 1.807) is 12.4 Å². The summed E-state index contributed by atoms with van der Waals surface area (Å²) in [5.74, 6) is 0.606. The summed E-state index contributed by atoms with van der Waals surface area (Å²) in [7, 11) is 0. The summed E-state index contributed by atoms with van der Waals surface area (Å²) < 4.78 is 5.77. The van der Waals surface area contributed by atoms with Gasteiger partial charge in [0.05, 0.1) is 17.5 Å². The minimum Gasteiger partial charge on any atom is -0.477 e. The van der Waals surface area contributed by atoms with Gasteiger partial charge < -0.3 is 10.5 Å². The normalized spacial score (nSPS) is 10.7. The summed E-state index contributed by atoms with van der Waals surface area (Å²) in [5, 5.41) is 0.885. The number of aryl methyl sites for hydroxylation is 1. The molecule has 0 bridgehead atoms. The van der Waals surface area contributed by atoms with Crippen LogP contribution in [-0.4, -0.2) is 21.6 Å². The molecule has 2 N–H and O–H groups in total. The monoisotopic (exact) mass is 280 g/mol. The molecule has 0 unspecified atom stereocenters. The fourth-order valence-electron chi connectivity index (χ4n) is 2.16. The van der Waals surface area contributed by atoms with E-state index in [1.165, 1.54) is 11.9 Å². The van der Waals surface area contributed by atoms with Gasteiger partial charge in [0.2, 0.25) is 5.88 Å². The van der Waals surface area contributed by atoms with Crippen LogP contribution in [0.15, 0.2) is 49.1 Å². The first kappa shape index (κ1) is 13.3. The number of nitrogens with zero attached hydrogens (tertiary/aromatic N) is 3. The van der Waals surface area contributed by atoms with Crippen LogP contribution in [0.4, 0.5) is 5.69 Å². The molecule has 0 spiro atoms. The minimum absolute atomic E-state index is 0.606. The Morgan fingerprint density at radius 2 is 1.90 bits per heavy atom. The second-order valence-electron chi connectivity index (χ2n) is 4.76. The molecule has 106 valence electrons. The van der Waals surface area contributed by atoms with Crippen LogP contribution in [0, 0.1) is 0 Å². The van der Waals surface area contributed by atoms with Crippen LogP contribution in [-0.2, 0) is 6.42 Å². The third kappa shape index (κ3) is 3.25. The Morgan fingerprint density at radius 3 is 2.76 bits per heavy atom. The van der Waals surface area contributed by atoms with Crippen molar-refractivity contribution in [1.29, 1.82) is 0 Å². The molecule has 0 saturated carbocycles.